The molecule has 0 bridgehead atoms. The standard InChI is InChI=1S/C11H13NOS.ClH/c12-10(5-6-13)9-7-14-11-4-2-1-3-8(9)11;/h1-4,7,10,13H,5-6,12H2;1H/t10-;/m1./s1. The van der Waals surface area contributed by atoms with E-state index in [9.17, 15) is 0 Å². The van der Waals surface area contributed by atoms with Crippen molar-refractivity contribution in [3.05, 3.63) is 35.2 Å². The highest BCUT2D eigenvalue weighted by Crippen LogP contribution is 2.30. The first-order valence-corrected chi connectivity index (χ1v) is 5.53. The number of benzene rings is 1. The van der Waals surface area contributed by atoms with Crippen LogP contribution in [0.5, 0.6) is 0 Å². The summed E-state index contributed by atoms with van der Waals surface area (Å²) in [5.41, 5.74) is 7.12. The fourth-order valence-electron chi connectivity index (χ4n) is 1.58. The fourth-order valence-corrected chi connectivity index (χ4v) is 2.61. The number of hydrogen-bond acceptors (Lipinski definition) is 3. The van der Waals surface area contributed by atoms with Crippen molar-refractivity contribution in [2.24, 2.45) is 5.73 Å². The first-order chi connectivity index (χ1) is 6.83. The van der Waals surface area contributed by atoms with Crippen LogP contribution in [0.15, 0.2) is 29.6 Å². The van der Waals surface area contributed by atoms with Crippen molar-refractivity contribution in [2.45, 2.75) is 12.5 Å². The van der Waals surface area contributed by atoms with Gasteiger partial charge in [0.15, 0.2) is 0 Å². The zero-order valence-electron chi connectivity index (χ0n) is 8.22. The van der Waals surface area contributed by atoms with Gasteiger partial charge >= 0.3 is 0 Å². The average Bonchev–Trinajstić information content (AvgIpc) is 2.61. The van der Waals surface area contributed by atoms with Crippen molar-refractivity contribution in [2.75, 3.05) is 6.61 Å². The summed E-state index contributed by atoms with van der Waals surface area (Å²) >= 11 is 1.71. The predicted octanol–water partition coefficient (Wildman–Crippen LogP) is 2.71. The van der Waals surface area contributed by atoms with E-state index in [1.165, 1.54) is 10.1 Å². The zero-order valence-corrected chi connectivity index (χ0v) is 9.85. The predicted molar refractivity (Wildman–Crippen MR) is 67.7 cm³/mol. The molecule has 0 aliphatic carbocycles. The van der Waals surface area contributed by atoms with Gasteiger partial charge in [-0.1, -0.05) is 18.2 Å². The first kappa shape index (κ1) is 12.5. The van der Waals surface area contributed by atoms with Crippen molar-refractivity contribution in [1.29, 1.82) is 0 Å². The molecule has 2 nitrogen and oxygen atoms in total. The van der Waals surface area contributed by atoms with Gasteiger partial charge < -0.3 is 10.8 Å². The summed E-state index contributed by atoms with van der Waals surface area (Å²) in [6.07, 6.45) is 0.626. The lowest BCUT2D eigenvalue weighted by atomic mass is 10.0. The normalized spacial score (nSPS) is 12.4. The molecule has 15 heavy (non-hydrogen) atoms. The smallest absolute Gasteiger partial charge is 0.0449 e. The molecule has 1 heterocycles. The summed E-state index contributed by atoms with van der Waals surface area (Å²) in [6.45, 7) is 0.144. The van der Waals surface area contributed by atoms with Gasteiger partial charge in [0.2, 0.25) is 0 Å². The Hall–Kier alpha value is -0.610. The second kappa shape index (κ2) is 5.47. The van der Waals surface area contributed by atoms with Crippen LogP contribution in [-0.4, -0.2) is 11.7 Å². The van der Waals surface area contributed by atoms with E-state index in [2.05, 4.69) is 17.5 Å². The fraction of sp³-hybridized carbons (Fsp3) is 0.273. The van der Waals surface area contributed by atoms with Gasteiger partial charge in [0.05, 0.1) is 0 Å². The maximum absolute atomic E-state index is 8.83. The Labute approximate surface area is 99.1 Å². The third kappa shape index (κ3) is 2.49. The molecular weight excluding hydrogens is 230 g/mol. The molecule has 1 aromatic heterocycles. The molecule has 1 aromatic carbocycles. The molecule has 0 amide bonds. The highest BCUT2D eigenvalue weighted by atomic mass is 35.5. The van der Waals surface area contributed by atoms with Crippen LogP contribution in [-0.2, 0) is 0 Å². The molecule has 0 fully saturated rings. The van der Waals surface area contributed by atoms with Crippen LogP contribution < -0.4 is 5.73 Å². The van der Waals surface area contributed by atoms with Crippen molar-refractivity contribution in [3.8, 4) is 0 Å². The molecule has 0 aliphatic heterocycles. The van der Waals surface area contributed by atoms with Crippen molar-refractivity contribution >= 4 is 33.8 Å². The lowest BCUT2D eigenvalue weighted by Crippen LogP contribution is -2.11. The van der Waals surface area contributed by atoms with Crippen LogP contribution in [0.25, 0.3) is 10.1 Å². The highest BCUT2D eigenvalue weighted by Gasteiger charge is 2.10. The Balaban J connectivity index is 0.00000112. The number of rotatable bonds is 3. The number of nitrogens with two attached hydrogens (primary N) is 1. The Morgan fingerprint density at radius 2 is 2.07 bits per heavy atom. The number of thiophene rings is 1. The highest BCUT2D eigenvalue weighted by molar-refractivity contribution is 7.17. The van der Waals surface area contributed by atoms with Gasteiger partial charge in [-0.25, -0.2) is 0 Å². The van der Waals surface area contributed by atoms with Crippen LogP contribution in [0.3, 0.4) is 0 Å². The van der Waals surface area contributed by atoms with Gasteiger partial charge in [-0.05, 0) is 28.8 Å². The van der Waals surface area contributed by atoms with Gasteiger partial charge in [-0.3, -0.25) is 0 Å². The Morgan fingerprint density at radius 1 is 1.33 bits per heavy atom. The summed E-state index contributed by atoms with van der Waals surface area (Å²) < 4.78 is 1.26. The van der Waals surface area contributed by atoms with Crippen LogP contribution in [0.2, 0.25) is 0 Å². The molecule has 0 unspecified atom stereocenters. The monoisotopic (exact) mass is 243 g/mol. The number of aliphatic hydroxyl groups is 1. The summed E-state index contributed by atoms with van der Waals surface area (Å²) in [5, 5.41) is 12.1. The molecule has 2 rings (SSSR count). The van der Waals surface area contributed by atoms with E-state index >= 15 is 0 Å². The summed E-state index contributed by atoms with van der Waals surface area (Å²) in [5.74, 6) is 0. The van der Waals surface area contributed by atoms with E-state index in [1.807, 2.05) is 12.1 Å². The van der Waals surface area contributed by atoms with E-state index < -0.39 is 0 Å². The zero-order chi connectivity index (χ0) is 9.97. The maximum atomic E-state index is 8.83. The van der Waals surface area contributed by atoms with Gasteiger partial charge in [0.1, 0.15) is 0 Å². The van der Waals surface area contributed by atoms with Crippen LogP contribution in [0.4, 0.5) is 0 Å². The summed E-state index contributed by atoms with van der Waals surface area (Å²) in [4.78, 5) is 0. The average molecular weight is 244 g/mol. The topological polar surface area (TPSA) is 46.2 Å². The van der Waals surface area contributed by atoms with Gasteiger partial charge in [-0.15, -0.1) is 23.7 Å². The van der Waals surface area contributed by atoms with E-state index in [1.54, 1.807) is 11.3 Å². The Bertz CT molecular complexity index is 429. The second-order valence-electron chi connectivity index (χ2n) is 3.31. The number of hydrogen-bond donors (Lipinski definition) is 2. The van der Waals surface area contributed by atoms with E-state index in [4.69, 9.17) is 10.8 Å². The van der Waals surface area contributed by atoms with Gasteiger partial charge in [0, 0.05) is 17.3 Å². The molecule has 4 heteroatoms. The molecule has 0 aliphatic rings. The minimum atomic E-state index is -0.0452. The largest absolute Gasteiger partial charge is 0.396 e. The number of fused-ring (bicyclic) bond motifs is 1. The van der Waals surface area contributed by atoms with Crippen molar-refractivity contribution in [3.63, 3.8) is 0 Å². The Morgan fingerprint density at radius 3 is 2.80 bits per heavy atom. The minimum absolute atomic E-state index is 0. The molecular formula is C11H14ClNOS. The minimum Gasteiger partial charge on any atom is -0.396 e. The summed E-state index contributed by atoms with van der Waals surface area (Å²) in [6, 6.07) is 8.17. The molecule has 1 atom stereocenters. The SMILES string of the molecule is Cl.N[C@H](CCO)c1csc2ccccc12. The van der Waals surface area contributed by atoms with E-state index in [0.717, 1.165) is 5.56 Å². The third-order valence-electron chi connectivity index (χ3n) is 2.35. The third-order valence-corrected chi connectivity index (χ3v) is 3.33. The van der Waals surface area contributed by atoms with Crippen molar-refractivity contribution in [1.82, 2.24) is 0 Å². The molecule has 3 N–H and O–H groups in total. The molecule has 0 radical (unpaired) electrons. The number of aliphatic hydroxyl groups excluding tert-OH is 1. The van der Waals surface area contributed by atoms with Crippen LogP contribution in [0, 0.1) is 0 Å². The quantitative estimate of drug-likeness (QED) is 0.871. The van der Waals surface area contributed by atoms with Crippen LogP contribution >= 0.6 is 23.7 Å². The van der Waals surface area contributed by atoms with E-state index in [0.29, 0.717) is 6.42 Å². The maximum Gasteiger partial charge on any atom is 0.0449 e. The van der Waals surface area contributed by atoms with Gasteiger partial charge in [0.25, 0.3) is 0 Å². The van der Waals surface area contributed by atoms with Crippen molar-refractivity contribution < 1.29 is 5.11 Å². The molecule has 0 saturated heterocycles. The lowest BCUT2D eigenvalue weighted by Gasteiger charge is -2.08. The lowest BCUT2D eigenvalue weighted by molar-refractivity contribution is 0.277. The Kier molecular flexibility index (Phi) is 4.54. The van der Waals surface area contributed by atoms with E-state index in [-0.39, 0.29) is 25.1 Å². The molecule has 0 saturated carbocycles. The first-order valence-electron chi connectivity index (χ1n) is 4.65. The molecule has 82 valence electrons. The summed E-state index contributed by atoms with van der Waals surface area (Å²) in [7, 11) is 0. The van der Waals surface area contributed by atoms with Crippen LogP contribution in [0.1, 0.15) is 18.0 Å². The number of halogens is 1. The van der Waals surface area contributed by atoms with Gasteiger partial charge in [-0.2, -0.15) is 0 Å². The second-order valence-corrected chi connectivity index (χ2v) is 4.22. The molecule has 0 spiro atoms. The molecule has 2 aromatic rings.